The van der Waals surface area contributed by atoms with Crippen LogP contribution in [0.4, 0.5) is 0 Å². The van der Waals surface area contributed by atoms with Crippen LogP contribution in [0, 0.1) is 0 Å². The number of rotatable bonds is 11. The van der Waals surface area contributed by atoms with Gasteiger partial charge in [0, 0.05) is 20.1 Å². The Kier molecular flexibility index (Phi) is 8.49. The lowest BCUT2D eigenvalue weighted by atomic mass is 10.1. The number of nitrogens with one attached hydrogen (secondary N) is 1. The molecule has 0 fully saturated rings. The molecule has 0 unspecified atom stereocenters. The van der Waals surface area contributed by atoms with Gasteiger partial charge in [-0.3, -0.25) is 4.79 Å². The number of para-hydroxylation sites is 2. The van der Waals surface area contributed by atoms with Crippen LogP contribution in [0.2, 0.25) is 0 Å². The van der Waals surface area contributed by atoms with Crippen molar-refractivity contribution in [1.29, 1.82) is 0 Å². The maximum atomic E-state index is 12.0. The van der Waals surface area contributed by atoms with Crippen LogP contribution >= 0.6 is 0 Å². The first-order valence-corrected chi connectivity index (χ1v) is 8.91. The van der Waals surface area contributed by atoms with Crippen molar-refractivity contribution in [1.82, 2.24) is 5.32 Å². The first kappa shape index (κ1) is 19.8. The molecule has 0 saturated carbocycles. The SMILES string of the molecule is CCOc1ccccc1OCCCC(=O)NCc1cccc(COC)c1. The van der Waals surface area contributed by atoms with Crippen LogP contribution in [-0.4, -0.2) is 26.2 Å². The molecule has 0 heterocycles. The molecule has 2 rings (SSSR count). The smallest absolute Gasteiger partial charge is 0.220 e. The van der Waals surface area contributed by atoms with E-state index in [1.165, 1.54) is 0 Å². The van der Waals surface area contributed by atoms with E-state index in [4.69, 9.17) is 14.2 Å². The average molecular weight is 357 g/mol. The zero-order valence-corrected chi connectivity index (χ0v) is 15.5. The topological polar surface area (TPSA) is 56.8 Å². The highest BCUT2D eigenvalue weighted by Gasteiger charge is 2.05. The maximum Gasteiger partial charge on any atom is 0.220 e. The summed E-state index contributed by atoms with van der Waals surface area (Å²) in [5.41, 5.74) is 2.16. The molecule has 0 aromatic heterocycles. The third-order valence-electron chi connectivity index (χ3n) is 3.75. The Balaban J connectivity index is 1.68. The van der Waals surface area contributed by atoms with Crippen LogP contribution in [-0.2, 0) is 22.7 Å². The van der Waals surface area contributed by atoms with Gasteiger partial charge in [0.15, 0.2) is 11.5 Å². The number of hydrogen-bond donors (Lipinski definition) is 1. The van der Waals surface area contributed by atoms with Gasteiger partial charge in [-0.15, -0.1) is 0 Å². The molecule has 5 heteroatoms. The van der Waals surface area contributed by atoms with Crippen molar-refractivity contribution in [3.8, 4) is 11.5 Å². The Labute approximate surface area is 155 Å². The van der Waals surface area contributed by atoms with Crippen LogP contribution in [0.25, 0.3) is 0 Å². The molecule has 2 aromatic rings. The summed E-state index contributed by atoms with van der Waals surface area (Å²) in [5.74, 6) is 1.46. The van der Waals surface area contributed by atoms with Gasteiger partial charge in [-0.25, -0.2) is 0 Å². The second-order valence-electron chi connectivity index (χ2n) is 5.86. The zero-order valence-electron chi connectivity index (χ0n) is 15.5. The van der Waals surface area contributed by atoms with Crippen LogP contribution in [0.1, 0.15) is 30.9 Å². The van der Waals surface area contributed by atoms with Crippen LogP contribution in [0.3, 0.4) is 0 Å². The normalized spacial score (nSPS) is 10.4. The molecule has 0 aliphatic rings. The van der Waals surface area contributed by atoms with Crippen molar-refractivity contribution in [3.63, 3.8) is 0 Å². The Morgan fingerprint density at radius 3 is 2.46 bits per heavy atom. The minimum Gasteiger partial charge on any atom is -0.490 e. The van der Waals surface area contributed by atoms with Gasteiger partial charge in [-0.1, -0.05) is 36.4 Å². The summed E-state index contributed by atoms with van der Waals surface area (Å²) in [7, 11) is 1.67. The molecule has 0 radical (unpaired) electrons. The fraction of sp³-hybridized carbons (Fsp3) is 0.381. The highest BCUT2D eigenvalue weighted by Crippen LogP contribution is 2.26. The largest absolute Gasteiger partial charge is 0.490 e. The number of amides is 1. The van der Waals surface area contributed by atoms with E-state index in [0.29, 0.717) is 45.0 Å². The molecule has 26 heavy (non-hydrogen) atoms. The number of benzene rings is 2. The summed E-state index contributed by atoms with van der Waals surface area (Å²) in [4.78, 5) is 12.0. The van der Waals surface area contributed by atoms with Crippen molar-refractivity contribution in [2.24, 2.45) is 0 Å². The van der Waals surface area contributed by atoms with Crippen LogP contribution in [0.15, 0.2) is 48.5 Å². The van der Waals surface area contributed by atoms with Gasteiger partial charge < -0.3 is 19.5 Å². The summed E-state index contributed by atoms with van der Waals surface area (Å²) >= 11 is 0. The molecule has 0 spiro atoms. The number of methoxy groups -OCH3 is 1. The van der Waals surface area contributed by atoms with Gasteiger partial charge >= 0.3 is 0 Å². The predicted molar refractivity (Wildman–Crippen MR) is 101 cm³/mol. The van der Waals surface area contributed by atoms with Gasteiger partial charge in [0.1, 0.15) is 0 Å². The predicted octanol–water partition coefficient (Wildman–Crippen LogP) is 3.71. The molecule has 0 bridgehead atoms. The molecule has 0 aliphatic carbocycles. The third kappa shape index (κ3) is 6.76. The van der Waals surface area contributed by atoms with E-state index in [1.807, 2.05) is 55.5 Å². The number of carbonyl (C=O) groups excluding carboxylic acids is 1. The molecule has 0 atom stereocenters. The van der Waals surface area contributed by atoms with E-state index < -0.39 is 0 Å². The van der Waals surface area contributed by atoms with E-state index in [2.05, 4.69) is 5.32 Å². The minimum absolute atomic E-state index is 0.0174. The molecular weight excluding hydrogens is 330 g/mol. The zero-order chi connectivity index (χ0) is 18.6. The van der Waals surface area contributed by atoms with Gasteiger partial charge in [-0.2, -0.15) is 0 Å². The standard InChI is InChI=1S/C21H27NO4/c1-3-25-19-10-4-5-11-20(19)26-13-7-12-21(23)22-15-17-8-6-9-18(14-17)16-24-2/h4-6,8-11,14H,3,7,12-13,15-16H2,1-2H3,(H,22,23). The van der Waals surface area contributed by atoms with E-state index >= 15 is 0 Å². The Morgan fingerprint density at radius 1 is 1.00 bits per heavy atom. The highest BCUT2D eigenvalue weighted by molar-refractivity contribution is 5.75. The lowest BCUT2D eigenvalue weighted by Crippen LogP contribution is -2.23. The molecular formula is C21H27NO4. The van der Waals surface area contributed by atoms with Gasteiger partial charge in [-0.05, 0) is 36.6 Å². The molecule has 1 amide bonds. The second kappa shape index (κ2) is 11.2. The van der Waals surface area contributed by atoms with Gasteiger partial charge in [0.25, 0.3) is 0 Å². The van der Waals surface area contributed by atoms with Crippen molar-refractivity contribution in [3.05, 3.63) is 59.7 Å². The Morgan fingerprint density at radius 2 is 1.73 bits per heavy atom. The summed E-state index contributed by atoms with van der Waals surface area (Å²) in [6.45, 7) is 4.09. The summed E-state index contributed by atoms with van der Waals surface area (Å²) in [6, 6.07) is 15.6. The van der Waals surface area contributed by atoms with Gasteiger partial charge in [0.2, 0.25) is 5.91 Å². The van der Waals surface area contributed by atoms with Crippen LogP contribution in [0.5, 0.6) is 11.5 Å². The van der Waals surface area contributed by atoms with E-state index in [-0.39, 0.29) is 5.91 Å². The quantitative estimate of drug-likeness (QED) is 0.623. The third-order valence-corrected chi connectivity index (χ3v) is 3.75. The average Bonchev–Trinajstić information content (AvgIpc) is 2.66. The second-order valence-corrected chi connectivity index (χ2v) is 5.86. The monoisotopic (exact) mass is 357 g/mol. The molecule has 2 aromatic carbocycles. The fourth-order valence-electron chi connectivity index (χ4n) is 2.54. The van der Waals surface area contributed by atoms with Crippen molar-refractivity contribution >= 4 is 5.91 Å². The fourth-order valence-corrected chi connectivity index (χ4v) is 2.54. The molecule has 5 nitrogen and oxygen atoms in total. The lowest BCUT2D eigenvalue weighted by molar-refractivity contribution is -0.121. The molecule has 0 saturated heterocycles. The van der Waals surface area contributed by atoms with Crippen molar-refractivity contribution in [2.75, 3.05) is 20.3 Å². The maximum absolute atomic E-state index is 12.0. The Bertz CT molecular complexity index is 687. The summed E-state index contributed by atoms with van der Waals surface area (Å²) in [5, 5.41) is 2.94. The van der Waals surface area contributed by atoms with Crippen LogP contribution < -0.4 is 14.8 Å². The highest BCUT2D eigenvalue weighted by atomic mass is 16.5. The van der Waals surface area contributed by atoms with E-state index in [9.17, 15) is 4.79 Å². The minimum atomic E-state index is 0.0174. The summed E-state index contributed by atoms with van der Waals surface area (Å²) < 4.78 is 16.4. The molecule has 140 valence electrons. The van der Waals surface area contributed by atoms with E-state index in [0.717, 1.165) is 16.9 Å². The molecule has 1 N–H and O–H groups in total. The number of carbonyl (C=O) groups is 1. The van der Waals surface area contributed by atoms with Crippen molar-refractivity contribution in [2.45, 2.75) is 32.9 Å². The van der Waals surface area contributed by atoms with Gasteiger partial charge in [0.05, 0.1) is 19.8 Å². The first-order chi connectivity index (χ1) is 12.7. The van der Waals surface area contributed by atoms with E-state index in [1.54, 1.807) is 7.11 Å². The summed E-state index contributed by atoms with van der Waals surface area (Å²) in [6.07, 6.45) is 1.07. The number of ether oxygens (including phenoxy) is 3. The lowest BCUT2D eigenvalue weighted by Gasteiger charge is -2.11. The first-order valence-electron chi connectivity index (χ1n) is 8.91. The van der Waals surface area contributed by atoms with Crippen molar-refractivity contribution < 1.29 is 19.0 Å². The Hall–Kier alpha value is -2.53. The molecule has 0 aliphatic heterocycles. The number of hydrogen-bond acceptors (Lipinski definition) is 4.